The number of anilines is 1. The van der Waals surface area contributed by atoms with Crippen molar-refractivity contribution in [1.82, 2.24) is 4.90 Å². The zero-order chi connectivity index (χ0) is 18.7. The van der Waals surface area contributed by atoms with E-state index in [1.54, 1.807) is 11.0 Å². The highest BCUT2D eigenvalue weighted by Gasteiger charge is 2.24. The topological polar surface area (TPSA) is 57.7 Å². The molecule has 1 aliphatic heterocycles. The summed E-state index contributed by atoms with van der Waals surface area (Å²) < 4.78 is 39.1. The van der Waals surface area contributed by atoms with Crippen LogP contribution in [0.25, 0.3) is 0 Å². The van der Waals surface area contributed by atoms with Crippen LogP contribution in [0.3, 0.4) is 0 Å². The number of fused-ring (bicyclic) bond motifs is 1. The van der Waals surface area contributed by atoms with Gasteiger partial charge in [-0.3, -0.25) is 9.10 Å². The van der Waals surface area contributed by atoms with Crippen molar-refractivity contribution in [3.05, 3.63) is 65.5 Å². The van der Waals surface area contributed by atoms with Crippen LogP contribution in [-0.4, -0.2) is 38.6 Å². The molecule has 138 valence electrons. The zero-order valence-corrected chi connectivity index (χ0v) is 15.4. The van der Waals surface area contributed by atoms with Gasteiger partial charge in [0.05, 0.1) is 11.9 Å². The Morgan fingerprint density at radius 3 is 2.46 bits per heavy atom. The van der Waals surface area contributed by atoms with Crippen molar-refractivity contribution in [3.63, 3.8) is 0 Å². The van der Waals surface area contributed by atoms with Crippen molar-refractivity contribution in [3.8, 4) is 0 Å². The second-order valence-electron chi connectivity index (χ2n) is 6.37. The number of amides is 1. The third kappa shape index (κ3) is 4.04. The standard InChI is InChI=1S/C19H21FN2O3S/c1-26(24,25)22(18-9-5-4-8-17(18)20)13-11-19(23)21-12-10-15-6-2-3-7-16(15)14-21/h2-9H,10-14H2,1H3. The summed E-state index contributed by atoms with van der Waals surface area (Å²) in [4.78, 5) is 14.3. The van der Waals surface area contributed by atoms with E-state index in [-0.39, 0.29) is 24.6 Å². The van der Waals surface area contributed by atoms with Crippen LogP contribution in [0, 0.1) is 5.82 Å². The lowest BCUT2D eigenvalue weighted by Gasteiger charge is -2.30. The van der Waals surface area contributed by atoms with E-state index in [1.807, 2.05) is 18.2 Å². The van der Waals surface area contributed by atoms with E-state index < -0.39 is 15.8 Å². The van der Waals surface area contributed by atoms with Gasteiger partial charge in [-0.05, 0) is 29.7 Å². The largest absolute Gasteiger partial charge is 0.338 e. The van der Waals surface area contributed by atoms with Gasteiger partial charge in [0.15, 0.2) is 0 Å². The van der Waals surface area contributed by atoms with Gasteiger partial charge in [-0.2, -0.15) is 0 Å². The number of rotatable bonds is 5. The number of carbonyl (C=O) groups excluding carboxylic acids is 1. The van der Waals surface area contributed by atoms with E-state index in [1.165, 1.54) is 23.8 Å². The minimum Gasteiger partial charge on any atom is -0.338 e. The number of para-hydroxylation sites is 1. The van der Waals surface area contributed by atoms with E-state index >= 15 is 0 Å². The molecule has 1 aliphatic rings. The Morgan fingerprint density at radius 2 is 1.77 bits per heavy atom. The van der Waals surface area contributed by atoms with Crippen LogP contribution in [0.1, 0.15) is 17.5 Å². The molecular weight excluding hydrogens is 355 g/mol. The first-order valence-corrected chi connectivity index (χ1v) is 10.3. The van der Waals surface area contributed by atoms with Gasteiger partial charge in [0.1, 0.15) is 5.82 Å². The Balaban J connectivity index is 1.70. The molecule has 0 atom stereocenters. The summed E-state index contributed by atoms with van der Waals surface area (Å²) in [6.45, 7) is 1.04. The van der Waals surface area contributed by atoms with Crippen LogP contribution < -0.4 is 4.31 Å². The number of hydrogen-bond donors (Lipinski definition) is 0. The number of sulfonamides is 1. The van der Waals surface area contributed by atoms with E-state index in [0.29, 0.717) is 13.1 Å². The van der Waals surface area contributed by atoms with Crippen molar-refractivity contribution in [2.45, 2.75) is 19.4 Å². The number of nitrogens with zero attached hydrogens (tertiary/aromatic N) is 2. The van der Waals surface area contributed by atoms with Crippen molar-refractivity contribution in [2.24, 2.45) is 0 Å². The van der Waals surface area contributed by atoms with Gasteiger partial charge < -0.3 is 4.90 Å². The SMILES string of the molecule is CS(=O)(=O)N(CCC(=O)N1CCc2ccccc2C1)c1ccccc1F. The Bertz CT molecular complexity index is 915. The predicted octanol–water partition coefficient (Wildman–Crippen LogP) is 2.57. The first kappa shape index (κ1) is 18.4. The summed E-state index contributed by atoms with van der Waals surface area (Å²) in [5.74, 6) is -0.762. The molecule has 1 amide bonds. The van der Waals surface area contributed by atoms with Gasteiger partial charge in [-0.25, -0.2) is 12.8 Å². The molecule has 7 heteroatoms. The molecule has 1 heterocycles. The Labute approximate surface area is 153 Å². The summed E-state index contributed by atoms with van der Waals surface area (Å²) >= 11 is 0. The van der Waals surface area contributed by atoms with Gasteiger partial charge in [-0.15, -0.1) is 0 Å². The fourth-order valence-corrected chi connectivity index (χ4v) is 4.11. The van der Waals surface area contributed by atoms with E-state index in [4.69, 9.17) is 0 Å². The van der Waals surface area contributed by atoms with Crippen LogP contribution >= 0.6 is 0 Å². The maximum absolute atomic E-state index is 14.0. The molecular formula is C19H21FN2O3S. The fourth-order valence-electron chi connectivity index (χ4n) is 3.18. The van der Waals surface area contributed by atoms with Crippen molar-refractivity contribution in [1.29, 1.82) is 0 Å². The van der Waals surface area contributed by atoms with Gasteiger partial charge >= 0.3 is 0 Å². The highest BCUT2D eigenvalue weighted by molar-refractivity contribution is 7.92. The van der Waals surface area contributed by atoms with Crippen LogP contribution in [0.2, 0.25) is 0 Å². The monoisotopic (exact) mass is 376 g/mol. The van der Waals surface area contributed by atoms with E-state index in [9.17, 15) is 17.6 Å². The molecule has 5 nitrogen and oxygen atoms in total. The lowest BCUT2D eigenvalue weighted by Crippen LogP contribution is -2.39. The number of carbonyl (C=O) groups is 1. The van der Waals surface area contributed by atoms with Crippen molar-refractivity contribution >= 4 is 21.6 Å². The van der Waals surface area contributed by atoms with Crippen molar-refractivity contribution < 1.29 is 17.6 Å². The van der Waals surface area contributed by atoms with Crippen molar-refractivity contribution in [2.75, 3.05) is 23.7 Å². The molecule has 0 aliphatic carbocycles. The highest BCUT2D eigenvalue weighted by atomic mass is 32.2. The average Bonchev–Trinajstić information content (AvgIpc) is 2.61. The molecule has 0 spiro atoms. The Kier molecular flexibility index (Phi) is 5.27. The van der Waals surface area contributed by atoms with Crippen LogP contribution in [0.15, 0.2) is 48.5 Å². The molecule has 2 aromatic rings. The maximum atomic E-state index is 14.0. The normalized spacial score (nSPS) is 14.0. The minimum absolute atomic E-state index is 0.00354. The van der Waals surface area contributed by atoms with Crippen LogP contribution in [0.4, 0.5) is 10.1 Å². The zero-order valence-electron chi connectivity index (χ0n) is 14.6. The predicted molar refractivity (Wildman–Crippen MR) is 98.8 cm³/mol. The first-order chi connectivity index (χ1) is 12.4. The third-order valence-corrected chi connectivity index (χ3v) is 5.71. The molecule has 0 radical (unpaired) electrons. The smallest absolute Gasteiger partial charge is 0.232 e. The molecule has 0 saturated heterocycles. The molecule has 0 N–H and O–H groups in total. The number of benzene rings is 2. The van der Waals surface area contributed by atoms with Gasteiger partial charge in [-0.1, -0.05) is 36.4 Å². The lowest BCUT2D eigenvalue weighted by atomic mass is 10.00. The van der Waals surface area contributed by atoms with E-state index in [0.717, 1.165) is 22.5 Å². The molecule has 3 rings (SSSR count). The molecule has 0 aromatic heterocycles. The summed E-state index contributed by atoms with van der Waals surface area (Å²) in [7, 11) is -3.69. The number of hydrogen-bond acceptors (Lipinski definition) is 3. The highest BCUT2D eigenvalue weighted by Crippen LogP contribution is 2.23. The van der Waals surface area contributed by atoms with Crippen LogP contribution in [0.5, 0.6) is 0 Å². The first-order valence-electron chi connectivity index (χ1n) is 8.43. The van der Waals surface area contributed by atoms with Gasteiger partial charge in [0.2, 0.25) is 15.9 Å². The second-order valence-corrected chi connectivity index (χ2v) is 8.28. The Hall–Kier alpha value is -2.41. The molecule has 26 heavy (non-hydrogen) atoms. The lowest BCUT2D eigenvalue weighted by molar-refractivity contribution is -0.131. The van der Waals surface area contributed by atoms with Gasteiger partial charge in [0.25, 0.3) is 0 Å². The summed E-state index contributed by atoms with van der Waals surface area (Å²) in [6, 6.07) is 13.6. The maximum Gasteiger partial charge on any atom is 0.232 e. The summed E-state index contributed by atoms with van der Waals surface area (Å²) in [6.07, 6.45) is 1.80. The molecule has 0 bridgehead atoms. The molecule has 0 unspecified atom stereocenters. The van der Waals surface area contributed by atoms with Crippen LogP contribution in [-0.2, 0) is 27.8 Å². The third-order valence-electron chi connectivity index (χ3n) is 4.53. The van der Waals surface area contributed by atoms with E-state index in [2.05, 4.69) is 6.07 Å². The molecule has 0 fully saturated rings. The summed E-state index contributed by atoms with van der Waals surface area (Å²) in [5.41, 5.74) is 2.31. The quantitative estimate of drug-likeness (QED) is 0.806. The average molecular weight is 376 g/mol. The number of halogens is 1. The molecule has 2 aromatic carbocycles. The Morgan fingerprint density at radius 1 is 1.12 bits per heavy atom. The molecule has 0 saturated carbocycles. The second kappa shape index (κ2) is 7.45. The fraction of sp³-hybridized carbons (Fsp3) is 0.316. The summed E-state index contributed by atoms with van der Waals surface area (Å²) in [5, 5.41) is 0. The minimum atomic E-state index is -3.69. The van der Waals surface area contributed by atoms with Gasteiger partial charge in [0, 0.05) is 26.1 Å².